The number of hydrogen-bond acceptors (Lipinski definition) is 1. The lowest BCUT2D eigenvalue weighted by molar-refractivity contribution is 0.617. The molecule has 1 atom stereocenters. The number of halogens is 2. The van der Waals surface area contributed by atoms with E-state index < -0.39 is 0 Å². The fourth-order valence-corrected chi connectivity index (χ4v) is 2.02. The fraction of sp³-hybridized carbons (Fsp3) is 0.500. The largest absolute Gasteiger partial charge is 0.381 e. The molecule has 0 aliphatic carbocycles. The van der Waals surface area contributed by atoms with Gasteiger partial charge in [-0.25, -0.2) is 4.39 Å². The van der Waals surface area contributed by atoms with Crippen LogP contribution < -0.4 is 5.32 Å². The molecule has 1 nitrogen and oxygen atoms in total. The molecule has 0 heterocycles. The van der Waals surface area contributed by atoms with Gasteiger partial charge in [-0.3, -0.25) is 0 Å². The maximum Gasteiger partial charge on any atom is 0.124 e. The van der Waals surface area contributed by atoms with Crippen LogP contribution in [0.25, 0.3) is 0 Å². The summed E-state index contributed by atoms with van der Waals surface area (Å²) in [6.07, 6.45) is 3.38. The first-order valence-electron chi connectivity index (χ1n) is 5.39. The molecular formula is C12H17BrFN. The van der Waals surface area contributed by atoms with Crippen LogP contribution in [0.2, 0.25) is 0 Å². The lowest BCUT2D eigenvalue weighted by atomic mass is 10.1. The molecule has 1 aromatic rings. The first-order chi connectivity index (χ1) is 7.17. The van der Waals surface area contributed by atoms with E-state index in [-0.39, 0.29) is 5.82 Å². The number of rotatable bonds is 5. The van der Waals surface area contributed by atoms with Crippen molar-refractivity contribution < 1.29 is 4.39 Å². The Bertz CT molecular complexity index is 314. The van der Waals surface area contributed by atoms with E-state index in [1.807, 2.05) is 0 Å². The minimum atomic E-state index is -0.212. The van der Waals surface area contributed by atoms with Crippen LogP contribution >= 0.6 is 15.9 Å². The van der Waals surface area contributed by atoms with E-state index in [9.17, 15) is 4.39 Å². The first kappa shape index (κ1) is 12.5. The lowest BCUT2D eigenvalue weighted by Crippen LogP contribution is -2.18. The Labute approximate surface area is 99.2 Å². The van der Waals surface area contributed by atoms with Gasteiger partial charge in [0.1, 0.15) is 5.82 Å². The van der Waals surface area contributed by atoms with Crippen molar-refractivity contribution in [1.82, 2.24) is 0 Å². The third-order valence-electron chi connectivity index (χ3n) is 2.42. The molecular weight excluding hydrogens is 257 g/mol. The molecule has 1 N–H and O–H groups in total. The number of benzene rings is 1. The zero-order valence-corrected chi connectivity index (χ0v) is 10.8. The molecule has 1 rings (SSSR count). The topological polar surface area (TPSA) is 12.0 Å². The molecule has 0 radical (unpaired) electrons. The van der Waals surface area contributed by atoms with Crippen LogP contribution in [0.5, 0.6) is 0 Å². The highest BCUT2D eigenvalue weighted by Gasteiger charge is 2.07. The molecule has 1 unspecified atom stereocenters. The summed E-state index contributed by atoms with van der Waals surface area (Å²) in [5, 5.41) is 3.41. The van der Waals surface area contributed by atoms with Crippen LogP contribution in [0.15, 0.2) is 22.7 Å². The monoisotopic (exact) mass is 273 g/mol. The molecule has 1 aromatic carbocycles. The summed E-state index contributed by atoms with van der Waals surface area (Å²) < 4.78 is 13.6. The summed E-state index contributed by atoms with van der Waals surface area (Å²) in [6.45, 7) is 4.33. The molecule has 0 saturated carbocycles. The molecule has 0 aliphatic rings. The molecule has 0 spiro atoms. The Hall–Kier alpha value is -0.570. The van der Waals surface area contributed by atoms with E-state index in [2.05, 4.69) is 35.1 Å². The highest BCUT2D eigenvalue weighted by atomic mass is 79.9. The van der Waals surface area contributed by atoms with Gasteiger partial charge >= 0.3 is 0 Å². The van der Waals surface area contributed by atoms with Crippen molar-refractivity contribution in [2.45, 2.75) is 39.2 Å². The Balaban J connectivity index is 2.70. The van der Waals surface area contributed by atoms with Gasteiger partial charge < -0.3 is 5.32 Å². The number of hydrogen-bond donors (Lipinski definition) is 1. The summed E-state index contributed by atoms with van der Waals surface area (Å²) in [7, 11) is 0. The van der Waals surface area contributed by atoms with Gasteiger partial charge in [0, 0.05) is 16.2 Å². The van der Waals surface area contributed by atoms with Crippen LogP contribution in [0.1, 0.15) is 33.1 Å². The highest BCUT2D eigenvalue weighted by Crippen LogP contribution is 2.24. The summed E-state index contributed by atoms with van der Waals surface area (Å²) in [5.41, 5.74) is 0.969. The van der Waals surface area contributed by atoms with Crippen molar-refractivity contribution in [3.8, 4) is 0 Å². The summed E-state index contributed by atoms with van der Waals surface area (Å²) in [4.78, 5) is 0. The minimum Gasteiger partial charge on any atom is -0.381 e. The molecule has 15 heavy (non-hydrogen) atoms. The Kier molecular flexibility index (Phi) is 5.09. The first-order valence-corrected chi connectivity index (χ1v) is 6.18. The standard InChI is InChI=1S/C12H17BrFN/c1-3-5-10(4-2)15-12-7-6-9(14)8-11(12)13/h6-8,10,15H,3-5H2,1-2H3. The second-order valence-corrected chi connectivity index (χ2v) is 4.52. The average Bonchev–Trinajstić information content (AvgIpc) is 2.21. The predicted molar refractivity (Wildman–Crippen MR) is 66.7 cm³/mol. The van der Waals surface area contributed by atoms with E-state index in [0.29, 0.717) is 6.04 Å². The normalized spacial score (nSPS) is 12.5. The van der Waals surface area contributed by atoms with Crippen LogP contribution in [-0.2, 0) is 0 Å². The van der Waals surface area contributed by atoms with Crippen LogP contribution in [0.4, 0.5) is 10.1 Å². The zero-order valence-electron chi connectivity index (χ0n) is 9.19. The van der Waals surface area contributed by atoms with Crippen molar-refractivity contribution >= 4 is 21.6 Å². The average molecular weight is 274 g/mol. The van der Waals surface area contributed by atoms with Gasteiger partial charge in [-0.1, -0.05) is 20.3 Å². The molecule has 3 heteroatoms. The molecule has 0 saturated heterocycles. The number of nitrogens with one attached hydrogen (secondary N) is 1. The van der Waals surface area contributed by atoms with E-state index in [0.717, 1.165) is 29.4 Å². The second kappa shape index (κ2) is 6.11. The summed E-state index contributed by atoms with van der Waals surface area (Å²) >= 11 is 3.35. The van der Waals surface area contributed by atoms with Crippen molar-refractivity contribution in [1.29, 1.82) is 0 Å². The van der Waals surface area contributed by atoms with E-state index in [1.54, 1.807) is 6.07 Å². The van der Waals surface area contributed by atoms with Crippen LogP contribution in [-0.4, -0.2) is 6.04 Å². The highest BCUT2D eigenvalue weighted by molar-refractivity contribution is 9.10. The van der Waals surface area contributed by atoms with E-state index in [4.69, 9.17) is 0 Å². The maximum atomic E-state index is 12.9. The SMILES string of the molecule is CCCC(CC)Nc1ccc(F)cc1Br. The molecule has 0 aliphatic heterocycles. The van der Waals surface area contributed by atoms with Crippen molar-refractivity contribution in [2.24, 2.45) is 0 Å². The molecule has 0 aromatic heterocycles. The fourth-order valence-electron chi connectivity index (χ4n) is 1.55. The van der Waals surface area contributed by atoms with Crippen molar-refractivity contribution in [2.75, 3.05) is 5.32 Å². The van der Waals surface area contributed by atoms with Crippen LogP contribution in [0, 0.1) is 5.82 Å². The van der Waals surface area contributed by atoms with Gasteiger partial charge in [-0.05, 0) is 47.0 Å². The van der Waals surface area contributed by atoms with Crippen LogP contribution in [0.3, 0.4) is 0 Å². The molecule has 84 valence electrons. The Morgan fingerprint density at radius 1 is 1.40 bits per heavy atom. The van der Waals surface area contributed by atoms with E-state index >= 15 is 0 Å². The maximum absolute atomic E-state index is 12.9. The number of anilines is 1. The quantitative estimate of drug-likeness (QED) is 0.828. The zero-order chi connectivity index (χ0) is 11.3. The Morgan fingerprint density at radius 2 is 2.13 bits per heavy atom. The third-order valence-corrected chi connectivity index (χ3v) is 3.08. The van der Waals surface area contributed by atoms with Crippen molar-refractivity contribution in [3.05, 3.63) is 28.5 Å². The van der Waals surface area contributed by atoms with Gasteiger partial charge in [-0.15, -0.1) is 0 Å². The lowest BCUT2D eigenvalue weighted by Gasteiger charge is -2.18. The van der Waals surface area contributed by atoms with Gasteiger partial charge in [0.15, 0.2) is 0 Å². The summed E-state index contributed by atoms with van der Waals surface area (Å²) in [5.74, 6) is -0.212. The molecule has 0 amide bonds. The van der Waals surface area contributed by atoms with E-state index in [1.165, 1.54) is 12.1 Å². The third kappa shape index (κ3) is 3.82. The minimum absolute atomic E-state index is 0.212. The predicted octanol–water partition coefficient (Wildman–Crippen LogP) is 4.58. The molecule has 0 bridgehead atoms. The van der Waals surface area contributed by atoms with Gasteiger partial charge in [-0.2, -0.15) is 0 Å². The van der Waals surface area contributed by atoms with Gasteiger partial charge in [0.05, 0.1) is 0 Å². The summed E-state index contributed by atoms with van der Waals surface area (Å²) in [6, 6.07) is 5.21. The molecule has 0 fully saturated rings. The smallest absolute Gasteiger partial charge is 0.124 e. The van der Waals surface area contributed by atoms with Crippen molar-refractivity contribution in [3.63, 3.8) is 0 Å². The van der Waals surface area contributed by atoms with Gasteiger partial charge in [0.2, 0.25) is 0 Å². The second-order valence-electron chi connectivity index (χ2n) is 3.66. The van der Waals surface area contributed by atoms with Gasteiger partial charge in [0.25, 0.3) is 0 Å². The Morgan fingerprint density at radius 3 is 2.67 bits per heavy atom.